The molecule has 1 amide bonds. The number of nitro benzene ring substituents is 1. The Morgan fingerprint density at radius 1 is 1.50 bits per heavy atom. The third-order valence-electron chi connectivity index (χ3n) is 2.03. The van der Waals surface area contributed by atoms with Gasteiger partial charge >= 0.3 is 0 Å². The zero-order valence-electron chi connectivity index (χ0n) is 9.01. The number of nitrogens with one attached hydrogen (secondary N) is 1. The highest BCUT2D eigenvalue weighted by Crippen LogP contribution is 2.29. The number of hydrogen-bond donors (Lipinski definition) is 2. The fraction of sp³-hybridized carbons (Fsp3) is 0.125. The summed E-state index contributed by atoms with van der Waals surface area (Å²) in [5, 5.41) is 17.4. The van der Waals surface area contributed by atoms with Gasteiger partial charge in [0.2, 0.25) is 10.0 Å². The van der Waals surface area contributed by atoms with Gasteiger partial charge in [-0.2, -0.15) is 0 Å². The largest absolute Gasteiger partial charge is 0.355 e. The number of halogens is 1. The first kappa shape index (κ1) is 14.4. The van der Waals surface area contributed by atoms with E-state index in [9.17, 15) is 23.3 Å². The zero-order valence-corrected chi connectivity index (χ0v) is 10.6. The molecule has 0 unspecified atom stereocenters. The molecule has 98 valence electrons. The maximum Gasteiger partial charge on any atom is 0.283 e. The van der Waals surface area contributed by atoms with Gasteiger partial charge in [-0.3, -0.25) is 14.9 Å². The fourth-order valence-electron chi connectivity index (χ4n) is 1.23. The lowest BCUT2D eigenvalue weighted by atomic mass is 10.1. The first-order valence-corrected chi connectivity index (χ1v) is 6.33. The second-order valence-electron chi connectivity index (χ2n) is 3.18. The molecule has 0 aromatic heterocycles. The van der Waals surface area contributed by atoms with E-state index in [1.54, 1.807) is 0 Å². The highest BCUT2D eigenvalue weighted by atomic mass is 35.5. The smallest absolute Gasteiger partial charge is 0.283 e. The van der Waals surface area contributed by atoms with Crippen molar-refractivity contribution in [3.63, 3.8) is 0 Å². The van der Waals surface area contributed by atoms with E-state index in [2.05, 4.69) is 5.32 Å². The van der Waals surface area contributed by atoms with E-state index in [1.165, 1.54) is 7.05 Å². The van der Waals surface area contributed by atoms with Crippen LogP contribution in [0.2, 0.25) is 5.02 Å². The number of nitro groups is 1. The minimum Gasteiger partial charge on any atom is -0.355 e. The number of rotatable bonds is 3. The van der Waals surface area contributed by atoms with Gasteiger partial charge in [0.1, 0.15) is 10.5 Å². The second-order valence-corrected chi connectivity index (χ2v) is 5.12. The maximum absolute atomic E-state index is 11.4. The van der Waals surface area contributed by atoms with Crippen LogP contribution in [0.25, 0.3) is 0 Å². The van der Waals surface area contributed by atoms with Crippen molar-refractivity contribution in [2.75, 3.05) is 7.05 Å². The molecule has 0 saturated heterocycles. The number of sulfonamides is 1. The average Bonchev–Trinajstić information content (AvgIpc) is 2.25. The van der Waals surface area contributed by atoms with Crippen molar-refractivity contribution in [1.82, 2.24) is 5.32 Å². The Kier molecular flexibility index (Phi) is 3.89. The van der Waals surface area contributed by atoms with Gasteiger partial charge in [-0.25, -0.2) is 13.6 Å². The number of carbonyl (C=O) groups excluding carboxylic acids is 1. The molecule has 18 heavy (non-hydrogen) atoms. The van der Waals surface area contributed by atoms with Gasteiger partial charge in [0.15, 0.2) is 0 Å². The van der Waals surface area contributed by atoms with Gasteiger partial charge in [0.25, 0.3) is 11.6 Å². The predicted octanol–water partition coefficient (Wildman–Crippen LogP) is 0.255. The third kappa shape index (κ3) is 2.75. The number of hydrogen-bond acceptors (Lipinski definition) is 5. The quantitative estimate of drug-likeness (QED) is 0.609. The number of nitrogens with zero attached hydrogens (tertiary/aromatic N) is 1. The van der Waals surface area contributed by atoms with Crippen LogP contribution in [0.1, 0.15) is 10.4 Å². The molecule has 0 aliphatic heterocycles. The van der Waals surface area contributed by atoms with E-state index in [0.29, 0.717) is 0 Å². The van der Waals surface area contributed by atoms with Crippen LogP contribution in [0.15, 0.2) is 17.0 Å². The van der Waals surface area contributed by atoms with Crippen LogP contribution in [0.3, 0.4) is 0 Å². The molecule has 8 nitrogen and oxygen atoms in total. The molecule has 0 saturated carbocycles. The summed E-state index contributed by atoms with van der Waals surface area (Å²) in [5.41, 5.74) is -1.04. The van der Waals surface area contributed by atoms with Gasteiger partial charge in [0.05, 0.1) is 9.95 Å². The van der Waals surface area contributed by atoms with Crippen molar-refractivity contribution in [3.8, 4) is 0 Å². The summed E-state index contributed by atoms with van der Waals surface area (Å²) in [6.45, 7) is 0. The average molecular weight is 294 g/mol. The van der Waals surface area contributed by atoms with E-state index < -0.39 is 42.0 Å². The lowest BCUT2D eigenvalue weighted by molar-refractivity contribution is -0.385. The lowest BCUT2D eigenvalue weighted by Crippen LogP contribution is -2.21. The zero-order chi connectivity index (χ0) is 14.1. The Labute approximate surface area is 107 Å². The molecule has 0 bridgehead atoms. The van der Waals surface area contributed by atoms with Crippen LogP contribution in [-0.4, -0.2) is 26.3 Å². The molecule has 1 aromatic rings. The highest BCUT2D eigenvalue weighted by molar-refractivity contribution is 7.89. The summed E-state index contributed by atoms with van der Waals surface area (Å²) in [6.07, 6.45) is 0. The van der Waals surface area contributed by atoms with Crippen molar-refractivity contribution in [2.24, 2.45) is 5.14 Å². The molecule has 0 spiro atoms. The number of nitrogens with two attached hydrogens (primary N) is 1. The molecule has 0 radical (unpaired) electrons. The molecule has 0 atom stereocenters. The topological polar surface area (TPSA) is 132 Å². The first-order valence-electron chi connectivity index (χ1n) is 4.41. The molecular weight excluding hydrogens is 286 g/mol. The van der Waals surface area contributed by atoms with Gasteiger partial charge in [-0.05, 0) is 6.07 Å². The summed E-state index contributed by atoms with van der Waals surface area (Å²) in [5.74, 6) is -0.816. The van der Waals surface area contributed by atoms with Crippen LogP contribution in [-0.2, 0) is 10.0 Å². The summed E-state index contributed by atoms with van der Waals surface area (Å²) < 4.78 is 22.4. The van der Waals surface area contributed by atoms with Gasteiger partial charge in [0, 0.05) is 13.1 Å². The van der Waals surface area contributed by atoms with Gasteiger partial charge < -0.3 is 5.32 Å². The van der Waals surface area contributed by atoms with Crippen molar-refractivity contribution in [2.45, 2.75) is 4.90 Å². The minimum absolute atomic E-state index is 0.420. The molecule has 0 heterocycles. The number of benzene rings is 1. The monoisotopic (exact) mass is 293 g/mol. The Morgan fingerprint density at radius 2 is 2.06 bits per heavy atom. The Balaban J connectivity index is 3.66. The van der Waals surface area contributed by atoms with Crippen LogP contribution in [0.5, 0.6) is 0 Å². The predicted molar refractivity (Wildman–Crippen MR) is 62.9 cm³/mol. The number of amides is 1. The van der Waals surface area contributed by atoms with Gasteiger partial charge in [-0.1, -0.05) is 11.6 Å². The Morgan fingerprint density at radius 3 is 2.44 bits per heavy atom. The fourth-order valence-corrected chi connectivity index (χ4v) is 2.32. The van der Waals surface area contributed by atoms with E-state index in [4.69, 9.17) is 16.7 Å². The van der Waals surface area contributed by atoms with Gasteiger partial charge in [-0.15, -0.1) is 0 Å². The van der Waals surface area contributed by atoms with Crippen molar-refractivity contribution in [1.29, 1.82) is 0 Å². The third-order valence-corrected chi connectivity index (χ3v) is 3.40. The summed E-state index contributed by atoms with van der Waals surface area (Å²) in [7, 11) is -2.93. The summed E-state index contributed by atoms with van der Waals surface area (Å²) >= 11 is 5.58. The SMILES string of the molecule is CNC(=O)c1cc(S(N)(=O)=O)c(Cl)cc1[N+](=O)[O-]. The normalized spacial score (nSPS) is 11.1. The Hall–Kier alpha value is -1.71. The second kappa shape index (κ2) is 4.88. The minimum atomic E-state index is -4.17. The van der Waals surface area contributed by atoms with Crippen molar-refractivity contribution in [3.05, 3.63) is 32.8 Å². The number of carbonyl (C=O) groups is 1. The van der Waals surface area contributed by atoms with E-state index in [0.717, 1.165) is 12.1 Å². The standard InChI is InChI=1S/C8H8ClN3O5S/c1-11-8(13)4-2-7(18(10,16)17)5(9)3-6(4)12(14)15/h2-3H,1H3,(H,11,13)(H2,10,16,17). The Bertz CT molecular complexity index is 628. The van der Waals surface area contributed by atoms with Crippen LogP contribution < -0.4 is 10.5 Å². The van der Waals surface area contributed by atoms with Crippen molar-refractivity contribution < 1.29 is 18.1 Å². The summed E-state index contributed by atoms with van der Waals surface area (Å²) in [4.78, 5) is 20.8. The molecular formula is C8H8ClN3O5S. The van der Waals surface area contributed by atoms with E-state index in [-0.39, 0.29) is 0 Å². The van der Waals surface area contributed by atoms with Crippen LogP contribution >= 0.6 is 11.6 Å². The van der Waals surface area contributed by atoms with E-state index >= 15 is 0 Å². The molecule has 10 heteroatoms. The molecule has 1 aromatic carbocycles. The molecule has 0 fully saturated rings. The highest BCUT2D eigenvalue weighted by Gasteiger charge is 2.25. The van der Waals surface area contributed by atoms with Crippen LogP contribution in [0.4, 0.5) is 5.69 Å². The first-order chi connectivity index (χ1) is 8.18. The maximum atomic E-state index is 11.4. The molecule has 0 aliphatic carbocycles. The summed E-state index contributed by atoms with van der Waals surface area (Å²) in [6, 6.07) is 1.54. The lowest BCUT2D eigenvalue weighted by Gasteiger charge is -2.06. The van der Waals surface area contributed by atoms with Crippen LogP contribution in [0, 0.1) is 10.1 Å². The van der Waals surface area contributed by atoms with Crippen molar-refractivity contribution >= 4 is 33.2 Å². The van der Waals surface area contributed by atoms with E-state index in [1.807, 2.05) is 0 Å². The molecule has 3 N–H and O–H groups in total. The molecule has 1 rings (SSSR count). The number of primary sulfonamides is 1. The molecule has 0 aliphatic rings.